The second-order valence-corrected chi connectivity index (χ2v) is 5.75. The summed E-state index contributed by atoms with van der Waals surface area (Å²) >= 11 is 8.07. The fraction of sp³-hybridized carbons (Fsp3) is 0.133. The van der Waals surface area contributed by atoms with Gasteiger partial charge in [0.25, 0.3) is 0 Å². The van der Waals surface area contributed by atoms with Crippen molar-refractivity contribution in [2.24, 2.45) is 0 Å². The molecule has 2 aromatic rings. The van der Waals surface area contributed by atoms with Crippen molar-refractivity contribution < 1.29 is 9.53 Å². The van der Waals surface area contributed by atoms with Gasteiger partial charge in [-0.3, -0.25) is 0 Å². The molecule has 0 spiro atoms. The van der Waals surface area contributed by atoms with Gasteiger partial charge in [-0.2, -0.15) is 0 Å². The average molecular weight is 402 g/mol. The summed E-state index contributed by atoms with van der Waals surface area (Å²) in [4.78, 5) is 11.6. The van der Waals surface area contributed by atoms with E-state index in [1.54, 1.807) is 6.07 Å². The van der Waals surface area contributed by atoms with E-state index >= 15 is 0 Å². The molecular formula is C15H13ClINO2. The Labute approximate surface area is 136 Å². The highest BCUT2D eigenvalue weighted by Crippen LogP contribution is 2.17. The van der Waals surface area contributed by atoms with Gasteiger partial charge < -0.3 is 10.1 Å². The van der Waals surface area contributed by atoms with E-state index in [2.05, 4.69) is 27.9 Å². The van der Waals surface area contributed by atoms with Crippen molar-refractivity contribution in [2.45, 2.75) is 13.2 Å². The number of hydrogen-bond donors (Lipinski definition) is 1. The number of nitrogens with one attached hydrogen (secondary N) is 1. The number of ether oxygens (including phenoxy) is 1. The zero-order valence-corrected chi connectivity index (χ0v) is 13.5. The van der Waals surface area contributed by atoms with E-state index in [4.69, 9.17) is 16.3 Å². The van der Waals surface area contributed by atoms with Gasteiger partial charge in [0.2, 0.25) is 0 Å². The molecule has 20 heavy (non-hydrogen) atoms. The first-order chi connectivity index (χ1) is 9.65. The van der Waals surface area contributed by atoms with E-state index in [-0.39, 0.29) is 6.61 Å². The van der Waals surface area contributed by atoms with Crippen LogP contribution in [-0.2, 0) is 17.9 Å². The molecule has 5 heteroatoms. The lowest BCUT2D eigenvalue weighted by molar-refractivity contribution is 0.139. The van der Waals surface area contributed by atoms with Gasteiger partial charge in [0, 0.05) is 15.1 Å². The highest BCUT2D eigenvalue weighted by molar-refractivity contribution is 14.1. The van der Waals surface area contributed by atoms with Crippen molar-refractivity contribution >= 4 is 40.3 Å². The van der Waals surface area contributed by atoms with Gasteiger partial charge in [-0.1, -0.05) is 48.0 Å². The lowest BCUT2D eigenvalue weighted by atomic mass is 10.2. The van der Waals surface area contributed by atoms with E-state index in [9.17, 15) is 4.79 Å². The normalized spacial score (nSPS) is 10.1. The molecule has 0 bridgehead atoms. The third-order valence-electron chi connectivity index (χ3n) is 2.65. The van der Waals surface area contributed by atoms with E-state index in [0.29, 0.717) is 11.6 Å². The van der Waals surface area contributed by atoms with Gasteiger partial charge >= 0.3 is 6.09 Å². The minimum atomic E-state index is -0.431. The summed E-state index contributed by atoms with van der Waals surface area (Å²) in [6, 6.07) is 15.1. The molecule has 2 rings (SSSR count). The highest BCUT2D eigenvalue weighted by atomic mass is 127. The Balaban J connectivity index is 1.80. The lowest BCUT2D eigenvalue weighted by Crippen LogP contribution is -2.24. The van der Waals surface area contributed by atoms with Crippen molar-refractivity contribution in [3.05, 3.63) is 68.3 Å². The SMILES string of the molecule is O=C(NCc1ccc(Cl)cc1I)OCc1ccccc1. The maximum atomic E-state index is 11.6. The maximum Gasteiger partial charge on any atom is 0.407 e. The molecule has 0 saturated carbocycles. The van der Waals surface area contributed by atoms with E-state index < -0.39 is 6.09 Å². The summed E-state index contributed by atoms with van der Waals surface area (Å²) in [5.41, 5.74) is 1.97. The van der Waals surface area contributed by atoms with E-state index in [0.717, 1.165) is 14.7 Å². The van der Waals surface area contributed by atoms with Crippen LogP contribution in [0.4, 0.5) is 4.79 Å². The molecule has 0 radical (unpaired) electrons. The summed E-state index contributed by atoms with van der Waals surface area (Å²) in [5.74, 6) is 0. The molecule has 1 N–H and O–H groups in total. The zero-order chi connectivity index (χ0) is 14.4. The van der Waals surface area contributed by atoms with Gasteiger partial charge in [0.1, 0.15) is 6.61 Å². The van der Waals surface area contributed by atoms with Crippen LogP contribution < -0.4 is 5.32 Å². The maximum absolute atomic E-state index is 11.6. The third-order valence-corrected chi connectivity index (χ3v) is 3.89. The minimum Gasteiger partial charge on any atom is -0.445 e. The van der Waals surface area contributed by atoms with Gasteiger partial charge in [-0.05, 0) is 45.9 Å². The molecule has 0 unspecified atom stereocenters. The quantitative estimate of drug-likeness (QED) is 0.773. The van der Waals surface area contributed by atoms with Gasteiger partial charge in [0.15, 0.2) is 0 Å². The highest BCUT2D eigenvalue weighted by Gasteiger charge is 2.05. The lowest BCUT2D eigenvalue weighted by Gasteiger charge is -2.08. The molecule has 0 aromatic heterocycles. The number of halogens is 2. The van der Waals surface area contributed by atoms with Crippen LogP contribution in [0.2, 0.25) is 5.02 Å². The molecule has 3 nitrogen and oxygen atoms in total. The number of hydrogen-bond acceptors (Lipinski definition) is 2. The van der Waals surface area contributed by atoms with Crippen LogP contribution in [-0.4, -0.2) is 6.09 Å². The number of carbonyl (C=O) groups excluding carboxylic acids is 1. The molecule has 0 saturated heterocycles. The first-order valence-corrected chi connectivity index (χ1v) is 7.49. The third kappa shape index (κ3) is 4.68. The monoisotopic (exact) mass is 401 g/mol. The largest absolute Gasteiger partial charge is 0.445 e. The topological polar surface area (TPSA) is 38.3 Å². The van der Waals surface area contributed by atoms with Crippen molar-refractivity contribution in [1.82, 2.24) is 5.32 Å². The first-order valence-electron chi connectivity index (χ1n) is 6.03. The molecule has 1 amide bonds. The molecule has 0 atom stereocenters. The number of benzene rings is 2. The van der Waals surface area contributed by atoms with Crippen molar-refractivity contribution in [1.29, 1.82) is 0 Å². The van der Waals surface area contributed by atoms with Gasteiger partial charge in [0.05, 0.1) is 0 Å². The number of amides is 1. The van der Waals surface area contributed by atoms with E-state index in [1.807, 2.05) is 42.5 Å². The van der Waals surface area contributed by atoms with Crippen LogP contribution in [0.3, 0.4) is 0 Å². The Kier molecular flexibility index (Phi) is 5.67. The zero-order valence-electron chi connectivity index (χ0n) is 10.6. The van der Waals surface area contributed by atoms with Crippen LogP contribution >= 0.6 is 34.2 Å². The average Bonchev–Trinajstić information content (AvgIpc) is 2.45. The van der Waals surface area contributed by atoms with Crippen LogP contribution in [0.25, 0.3) is 0 Å². The molecule has 0 aliphatic rings. The fourth-order valence-electron chi connectivity index (χ4n) is 1.61. The minimum absolute atomic E-state index is 0.268. The summed E-state index contributed by atoms with van der Waals surface area (Å²) < 4.78 is 6.15. The summed E-state index contributed by atoms with van der Waals surface area (Å²) in [6.45, 7) is 0.688. The molecule has 0 aliphatic carbocycles. The Morgan fingerprint density at radius 2 is 1.95 bits per heavy atom. The Morgan fingerprint density at radius 1 is 1.20 bits per heavy atom. The molecule has 0 aliphatic heterocycles. The molecule has 0 heterocycles. The second kappa shape index (κ2) is 7.50. The second-order valence-electron chi connectivity index (χ2n) is 4.15. The summed E-state index contributed by atoms with van der Waals surface area (Å²) in [7, 11) is 0. The fourth-order valence-corrected chi connectivity index (χ4v) is 2.67. The van der Waals surface area contributed by atoms with Crippen molar-refractivity contribution in [2.75, 3.05) is 0 Å². The molecule has 0 fully saturated rings. The molecular weight excluding hydrogens is 389 g/mol. The Bertz CT molecular complexity index is 590. The number of alkyl carbamates (subject to hydrolysis) is 1. The predicted octanol–water partition coefficient (Wildman–Crippen LogP) is 4.37. The summed E-state index contributed by atoms with van der Waals surface area (Å²) in [5, 5.41) is 3.41. The Morgan fingerprint density at radius 3 is 2.65 bits per heavy atom. The van der Waals surface area contributed by atoms with Crippen molar-refractivity contribution in [3.63, 3.8) is 0 Å². The standard InChI is InChI=1S/C15H13ClINO2/c16-13-7-6-12(14(17)8-13)9-18-15(19)20-10-11-4-2-1-3-5-11/h1-8H,9-10H2,(H,18,19). The van der Waals surface area contributed by atoms with Crippen LogP contribution in [0.1, 0.15) is 11.1 Å². The Hall–Kier alpha value is -1.27. The number of carbonyl (C=O) groups is 1. The van der Waals surface area contributed by atoms with Gasteiger partial charge in [-0.25, -0.2) is 4.79 Å². The van der Waals surface area contributed by atoms with Gasteiger partial charge in [-0.15, -0.1) is 0 Å². The van der Waals surface area contributed by atoms with Crippen LogP contribution in [0, 0.1) is 3.57 Å². The predicted molar refractivity (Wildman–Crippen MR) is 87.6 cm³/mol. The molecule has 2 aromatic carbocycles. The number of rotatable bonds is 4. The van der Waals surface area contributed by atoms with E-state index in [1.165, 1.54) is 0 Å². The van der Waals surface area contributed by atoms with Crippen molar-refractivity contribution in [3.8, 4) is 0 Å². The van der Waals surface area contributed by atoms with Crippen LogP contribution in [0.5, 0.6) is 0 Å². The van der Waals surface area contributed by atoms with Crippen LogP contribution in [0.15, 0.2) is 48.5 Å². The smallest absolute Gasteiger partial charge is 0.407 e. The molecule has 104 valence electrons. The summed E-state index contributed by atoms with van der Waals surface area (Å²) in [6.07, 6.45) is -0.431. The first kappa shape index (κ1) is 15.1.